The zero-order valence-corrected chi connectivity index (χ0v) is 10.7. The summed E-state index contributed by atoms with van der Waals surface area (Å²) in [5, 5.41) is 20.5. The van der Waals surface area contributed by atoms with E-state index in [9.17, 15) is 20.0 Å². The van der Waals surface area contributed by atoms with Crippen LogP contribution in [0.3, 0.4) is 0 Å². The van der Waals surface area contributed by atoms with Crippen LogP contribution in [0.4, 0.5) is 5.69 Å². The third-order valence-corrected chi connectivity index (χ3v) is 2.83. The van der Waals surface area contributed by atoms with Crippen LogP contribution in [0.15, 0.2) is 39.7 Å². The lowest BCUT2D eigenvalue weighted by Crippen LogP contribution is -1.97. The Bertz CT molecular complexity index is 751. The first-order valence-electron chi connectivity index (χ1n) is 5.42. The zero-order chi connectivity index (χ0) is 14.7. The molecule has 0 spiro atoms. The highest BCUT2D eigenvalue weighted by atomic mass is 35.5. The van der Waals surface area contributed by atoms with E-state index in [0.717, 1.165) is 12.3 Å². The quantitative estimate of drug-likeness (QED) is 0.693. The zero-order valence-electron chi connectivity index (χ0n) is 9.95. The smallest absolute Gasteiger partial charge is 0.270 e. The summed E-state index contributed by atoms with van der Waals surface area (Å²) in [6.45, 7) is 0. The van der Waals surface area contributed by atoms with Gasteiger partial charge < -0.3 is 9.52 Å². The molecule has 0 saturated carbocycles. The van der Waals surface area contributed by atoms with E-state index in [4.69, 9.17) is 16.0 Å². The highest BCUT2D eigenvalue weighted by molar-refractivity contribution is 6.32. The molecule has 1 aromatic carbocycles. The summed E-state index contributed by atoms with van der Waals surface area (Å²) in [6.07, 6.45) is 3.85. The fourth-order valence-electron chi connectivity index (χ4n) is 1.48. The topological polar surface area (TPSA) is 93.6 Å². The molecular formula is C13H8ClNO5. The van der Waals surface area contributed by atoms with Gasteiger partial charge in [0.25, 0.3) is 5.69 Å². The molecule has 0 unspecified atom stereocenters. The molecule has 0 aliphatic heterocycles. The average molecular weight is 294 g/mol. The molecule has 6 nitrogen and oxygen atoms in total. The summed E-state index contributed by atoms with van der Waals surface area (Å²) in [5.41, 5.74) is -0.333. The van der Waals surface area contributed by atoms with Crippen molar-refractivity contribution in [2.45, 2.75) is 0 Å². The molecule has 2 rings (SSSR count). The lowest BCUT2D eigenvalue weighted by atomic mass is 10.1. The number of non-ortho nitro benzene ring substituents is 1. The van der Waals surface area contributed by atoms with E-state index >= 15 is 0 Å². The second-order valence-corrected chi connectivity index (χ2v) is 4.20. The molecule has 0 amide bonds. The Hall–Kier alpha value is -2.60. The summed E-state index contributed by atoms with van der Waals surface area (Å²) in [7, 11) is 0. The van der Waals surface area contributed by atoms with Gasteiger partial charge in [0.1, 0.15) is 0 Å². The number of halogens is 1. The van der Waals surface area contributed by atoms with Gasteiger partial charge in [-0.05, 0) is 23.8 Å². The van der Waals surface area contributed by atoms with Crippen molar-refractivity contribution in [3.8, 4) is 5.75 Å². The van der Waals surface area contributed by atoms with E-state index in [2.05, 4.69) is 0 Å². The predicted molar refractivity (Wildman–Crippen MR) is 73.7 cm³/mol. The number of benzene rings is 1. The minimum Gasteiger partial charge on any atom is -0.502 e. The van der Waals surface area contributed by atoms with Gasteiger partial charge >= 0.3 is 0 Å². The standard InChI is InChI=1S/C13H8ClNO5/c14-10-3-2-9(15(18)19)7-8(10)1-4-12-13(17)11(16)5-6-20-12/h1-7,17H. The first-order valence-corrected chi connectivity index (χ1v) is 5.79. The molecule has 20 heavy (non-hydrogen) atoms. The number of nitro benzene ring substituents is 1. The van der Waals surface area contributed by atoms with Crippen LogP contribution < -0.4 is 5.43 Å². The monoisotopic (exact) mass is 293 g/mol. The second-order valence-electron chi connectivity index (χ2n) is 3.79. The molecule has 0 aliphatic rings. The molecule has 0 atom stereocenters. The molecule has 1 N–H and O–H groups in total. The van der Waals surface area contributed by atoms with Gasteiger partial charge in [0, 0.05) is 23.2 Å². The van der Waals surface area contributed by atoms with Crippen molar-refractivity contribution in [2.24, 2.45) is 0 Å². The SMILES string of the molecule is O=c1ccoc(C=Cc2cc([N+](=O)[O-])ccc2Cl)c1O. The van der Waals surface area contributed by atoms with Crippen molar-refractivity contribution in [2.75, 3.05) is 0 Å². The van der Waals surface area contributed by atoms with E-state index in [1.165, 1.54) is 30.4 Å². The maximum absolute atomic E-state index is 11.2. The van der Waals surface area contributed by atoms with Crippen LogP contribution in [0.1, 0.15) is 11.3 Å². The summed E-state index contributed by atoms with van der Waals surface area (Å²) < 4.78 is 4.96. The number of hydrogen-bond donors (Lipinski definition) is 1. The summed E-state index contributed by atoms with van der Waals surface area (Å²) in [5.74, 6) is -0.592. The summed E-state index contributed by atoms with van der Waals surface area (Å²) in [6, 6.07) is 5.02. The number of nitrogens with zero attached hydrogens (tertiary/aromatic N) is 1. The van der Waals surface area contributed by atoms with E-state index < -0.39 is 16.1 Å². The van der Waals surface area contributed by atoms with Gasteiger partial charge in [0.15, 0.2) is 5.76 Å². The minimum absolute atomic E-state index is 0.0555. The van der Waals surface area contributed by atoms with Gasteiger partial charge in [-0.3, -0.25) is 14.9 Å². The molecule has 2 aromatic rings. The van der Waals surface area contributed by atoms with E-state index in [1.54, 1.807) is 0 Å². The minimum atomic E-state index is -0.582. The first kappa shape index (κ1) is 13.8. The molecular weight excluding hydrogens is 286 g/mol. The molecule has 0 saturated heterocycles. The van der Waals surface area contributed by atoms with Gasteiger partial charge in [-0.2, -0.15) is 0 Å². The number of nitro groups is 1. The second kappa shape index (κ2) is 5.58. The predicted octanol–water partition coefficient (Wildman–Crippen LogP) is 3.08. The Kier molecular flexibility index (Phi) is 3.86. The first-order chi connectivity index (χ1) is 9.49. The largest absolute Gasteiger partial charge is 0.502 e. The van der Waals surface area contributed by atoms with Crippen molar-refractivity contribution in [1.82, 2.24) is 0 Å². The molecule has 102 valence electrons. The van der Waals surface area contributed by atoms with Gasteiger partial charge in [-0.1, -0.05) is 11.6 Å². The summed E-state index contributed by atoms with van der Waals surface area (Å²) >= 11 is 5.91. The van der Waals surface area contributed by atoms with Crippen molar-refractivity contribution in [1.29, 1.82) is 0 Å². The molecule has 0 radical (unpaired) electrons. The summed E-state index contributed by atoms with van der Waals surface area (Å²) in [4.78, 5) is 21.3. The van der Waals surface area contributed by atoms with Crippen LogP contribution in [-0.2, 0) is 0 Å². The highest BCUT2D eigenvalue weighted by Crippen LogP contribution is 2.24. The van der Waals surface area contributed by atoms with Crippen LogP contribution in [0.25, 0.3) is 12.2 Å². The maximum atomic E-state index is 11.2. The van der Waals surface area contributed by atoms with E-state index in [0.29, 0.717) is 10.6 Å². The van der Waals surface area contributed by atoms with Crippen molar-refractivity contribution < 1.29 is 14.4 Å². The molecule has 0 bridgehead atoms. The van der Waals surface area contributed by atoms with Crippen molar-refractivity contribution in [3.63, 3.8) is 0 Å². The van der Waals surface area contributed by atoms with E-state index in [-0.39, 0.29) is 11.4 Å². The normalized spacial score (nSPS) is 10.8. The molecule has 1 aromatic heterocycles. The Morgan fingerprint density at radius 3 is 2.75 bits per heavy atom. The lowest BCUT2D eigenvalue weighted by molar-refractivity contribution is -0.384. The van der Waals surface area contributed by atoms with Crippen LogP contribution in [0.2, 0.25) is 5.02 Å². The highest BCUT2D eigenvalue weighted by Gasteiger charge is 2.09. The number of aromatic hydroxyl groups is 1. The number of rotatable bonds is 3. The molecule has 0 aliphatic carbocycles. The lowest BCUT2D eigenvalue weighted by Gasteiger charge is -1.99. The Labute approximate surface area is 117 Å². The molecule has 1 heterocycles. The third-order valence-electron chi connectivity index (χ3n) is 2.49. The average Bonchev–Trinajstić information content (AvgIpc) is 2.41. The van der Waals surface area contributed by atoms with Crippen LogP contribution in [-0.4, -0.2) is 10.0 Å². The van der Waals surface area contributed by atoms with Crippen LogP contribution >= 0.6 is 11.6 Å². The fraction of sp³-hybridized carbons (Fsp3) is 0. The number of hydrogen-bond acceptors (Lipinski definition) is 5. The van der Waals surface area contributed by atoms with Gasteiger partial charge in [-0.25, -0.2) is 0 Å². The van der Waals surface area contributed by atoms with Gasteiger partial charge in [0.05, 0.1) is 11.2 Å². The Morgan fingerprint density at radius 2 is 2.05 bits per heavy atom. The van der Waals surface area contributed by atoms with Crippen LogP contribution in [0.5, 0.6) is 5.75 Å². The third kappa shape index (κ3) is 2.86. The Morgan fingerprint density at radius 1 is 1.30 bits per heavy atom. The van der Waals surface area contributed by atoms with Crippen LogP contribution in [0, 0.1) is 10.1 Å². The van der Waals surface area contributed by atoms with Gasteiger partial charge in [-0.15, -0.1) is 0 Å². The van der Waals surface area contributed by atoms with Gasteiger partial charge in [0.2, 0.25) is 11.2 Å². The van der Waals surface area contributed by atoms with Crippen molar-refractivity contribution in [3.05, 3.63) is 67.2 Å². The molecule has 7 heteroatoms. The van der Waals surface area contributed by atoms with Crippen molar-refractivity contribution >= 4 is 29.4 Å². The molecule has 0 fully saturated rings. The Balaban J connectivity index is 2.41. The fourth-order valence-corrected chi connectivity index (χ4v) is 1.66. The maximum Gasteiger partial charge on any atom is 0.270 e. The van der Waals surface area contributed by atoms with E-state index in [1.807, 2.05) is 0 Å².